The highest BCUT2D eigenvalue weighted by Gasteiger charge is 2.11. The second kappa shape index (κ2) is 5.65. The highest BCUT2D eigenvalue weighted by molar-refractivity contribution is 7.85. The molecule has 0 aliphatic rings. The van der Waals surface area contributed by atoms with Crippen molar-refractivity contribution in [3.8, 4) is 0 Å². The number of aryl methyl sites for hydroxylation is 1. The summed E-state index contributed by atoms with van der Waals surface area (Å²) in [4.78, 5) is 11.9. The number of hydrogen-bond acceptors (Lipinski definition) is 3. The van der Waals surface area contributed by atoms with Gasteiger partial charge in [0.25, 0.3) is 0 Å². The molecule has 0 heterocycles. The van der Waals surface area contributed by atoms with Crippen LogP contribution in [0.3, 0.4) is 0 Å². The van der Waals surface area contributed by atoms with Crippen molar-refractivity contribution in [1.29, 1.82) is 0 Å². The van der Waals surface area contributed by atoms with Crippen molar-refractivity contribution < 1.29 is 9.00 Å². The lowest BCUT2D eigenvalue weighted by atomic mass is 10.2. The molecule has 0 saturated carbocycles. The smallest absolute Gasteiger partial charge is 0.232 e. The van der Waals surface area contributed by atoms with Crippen LogP contribution < -0.4 is 11.1 Å². The van der Waals surface area contributed by atoms with Gasteiger partial charge in [0.2, 0.25) is 5.91 Å². The van der Waals surface area contributed by atoms with Gasteiger partial charge in [0, 0.05) is 17.1 Å². The summed E-state index contributed by atoms with van der Waals surface area (Å²) in [5.41, 5.74) is 7.07. The third-order valence-electron chi connectivity index (χ3n) is 2.09. The van der Waals surface area contributed by atoms with Crippen molar-refractivity contribution in [1.82, 2.24) is 5.32 Å². The second-order valence-corrected chi connectivity index (χ2v) is 4.89. The zero-order chi connectivity index (χ0) is 12.1. The zero-order valence-electron chi connectivity index (χ0n) is 9.45. The maximum Gasteiger partial charge on any atom is 0.232 e. The Hall–Kier alpha value is -1.36. The van der Waals surface area contributed by atoms with Crippen LogP contribution in [0, 0.1) is 6.92 Å². The molecule has 0 spiro atoms. The van der Waals surface area contributed by atoms with Gasteiger partial charge in [-0.25, -0.2) is 0 Å². The summed E-state index contributed by atoms with van der Waals surface area (Å²) in [6.45, 7) is 4.23. The van der Waals surface area contributed by atoms with Gasteiger partial charge >= 0.3 is 0 Å². The van der Waals surface area contributed by atoms with E-state index in [9.17, 15) is 9.00 Å². The number of nitrogen functional groups attached to an aromatic ring is 1. The lowest BCUT2D eigenvalue weighted by molar-refractivity contribution is -0.118. The molecule has 0 saturated heterocycles. The van der Waals surface area contributed by atoms with Gasteiger partial charge < -0.3 is 11.1 Å². The van der Waals surface area contributed by atoms with E-state index in [2.05, 4.69) is 5.32 Å². The van der Waals surface area contributed by atoms with Crippen LogP contribution in [0.15, 0.2) is 23.1 Å². The van der Waals surface area contributed by atoms with Crippen molar-refractivity contribution >= 4 is 22.4 Å². The lowest BCUT2D eigenvalue weighted by Crippen LogP contribution is -2.28. The first-order valence-electron chi connectivity index (χ1n) is 5.05. The molecular weight excluding hydrogens is 224 g/mol. The Kier molecular flexibility index (Phi) is 4.49. The van der Waals surface area contributed by atoms with Crippen molar-refractivity contribution in [2.75, 3.05) is 18.0 Å². The number of carbonyl (C=O) groups is 1. The largest absolute Gasteiger partial charge is 0.399 e. The van der Waals surface area contributed by atoms with Gasteiger partial charge in [-0.3, -0.25) is 9.00 Å². The molecule has 1 aromatic carbocycles. The van der Waals surface area contributed by atoms with Gasteiger partial charge in [-0.15, -0.1) is 0 Å². The normalized spacial score (nSPS) is 12.1. The predicted octanol–water partition coefficient (Wildman–Crippen LogP) is 0.821. The number of nitrogens with two attached hydrogens (primary N) is 1. The summed E-state index contributed by atoms with van der Waals surface area (Å²) in [5, 5.41) is 2.62. The zero-order valence-corrected chi connectivity index (χ0v) is 10.3. The highest BCUT2D eigenvalue weighted by Crippen LogP contribution is 2.16. The summed E-state index contributed by atoms with van der Waals surface area (Å²) in [6, 6.07) is 5.22. The molecule has 1 amide bonds. The first kappa shape index (κ1) is 12.7. The van der Waals surface area contributed by atoms with E-state index in [1.54, 1.807) is 18.2 Å². The average molecular weight is 240 g/mol. The first-order valence-corrected chi connectivity index (χ1v) is 6.37. The molecule has 88 valence electrons. The number of rotatable bonds is 4. The van der Waals surface area contributed by atoms with Gasteiger partial charge in [-0.2, -0.15) is 0 Å². The van der Waals surface area contributed by atoms with Crippen LogP contribution in [0.25, 0.3) is 0 Å². The molecule has 0 bridgehead atoms. The monoisotopic (exact) mass is 240 g/mol. The molecule has 0 aromatic heterocycles. The molecule has 16 heavy (non-hydrogen) atoms. The van der Waals surface area contributed by atoms with Gasteiger partial charge in [0.15, 0.2) is 0 Å². The quantitative estimate of drug-likeness (QED) is 0.765. The molecule has 0 aliphatic heterocycles. The van der Waals surface area contributed by atoms with Crippen molar-refractivity contribution in [2.24, 2.45) is 0 Å². The number of anilines is 1. The molecule has 3 N–H and O–H groups in total. The van der Waals surface area contributed by atoms with E-state index in [1.807, 2.05) is 13.8 Å². The van der Waals surface area contributed by atoms with Crippen LogP contribution >= 0.6 is 0 Å². The predicted molar refractivity (Wildman–Crippen MR) is 65.6 cm³/mol. The summed E-state index contributed by atoms with van der Waals surface area (Å²) in [5.74, 6) is -0.222. The Morgan fingerprint density at radius 2 is 2.19 bits per heavy atom. The van der Waals surface area contributed by atoms with Gasteiger partial charge in [-0.1, -0.05) is 6.07 Å². The number of amides is 1. The summed E-state index contributed by atoms with van der Waals surface area (Å²) < 4.78 is 11.9. The van der Waals surface area contributed by atoms with Gasteiger partial charge in [0.05, 0.1) is 10.8 Å². The topological polar surface area (TPSA) is 72.2 Å². The van der Waals surface area contributed by atoms with Crippen LogP contribution in [0.2, 0.25) is 0 Å². The number of nitrogens with one attached hydrogen (secondary N) is 1. The standard InChI is InChI=1S/C11H16N2O2S/c1-3-13-11(14)7-16(15)10-6-9(12)5-4-8(10)2/h4-6H,3,7,12H2,1-2H3,(H,13,14). The molecular formula is C11H16N2O2S. The van der Waals surface area contributed by atoms with E-state index in [0.717, 1.165) is 5.56 Å². The molecule has 1 rings (SSSR count). The fourth-order valence-corrected chi connectivity index (χ4v) is 2.50. The Labute approximate surface area is 97.7 Å². The van der Waals surface area contributed by atoms with Crippen LogP contribution in [-0.4, -0.2) is 22.4 Å². The average Bonchev–Trinajstić information content (AvgIpc) is 2.21. The van der Waals surface area contributed by atoms with E-state index in [1.165, 1.54) is 0 Å². The maximum absolute atomic E-state index is 11.9. The van der Waals surface area contributed by atoms with E-state index >= 15 is 0 Å². The summed E-state index contributed by atoms with van der Waals surface area (Å²) in [7, 11) is -1.33. The molecule has 1 atom stereocenters. The van der Waals surface area contributed by atoms with Crippen LogP contribution in [-0.2, 0) is 15.6 Å². The van der Waals surface area contributed by atoms with Crippen molar-refractivity contribution in [2.45, 2.75) is 18.7 Å². The van der Waals surface area contributed by atoms with Crippen molar-refractivity contribution in [3.63, 3.8) is 0 Å². The maximum atomic E-state index is 11.9. The number of carbonyl (C=O) groups excluding carboxylic acids is 1. The fraction of sp³-hybridized carbons (Fsp3) is 0.364. The van der Waals surface area contributed by atoms with Crippen LogP contribution in [0.1, 0.15) is 12.5 Å². The molecule has 1 unspecified atom stereocenters. The highest BCUT2D eigenvalue weighted by atomic mass is 32.2. The minimum absolute atomic E-state index is 0.0157. The van der Waals surface area contributed by atoms with Gasteiger partial charge in [-0.05, 0) is 31.5 Å². The van der Waals surface area contributed by atoms with E-state index < -0.39 is 10.8 Å². The molecule has 5 heteroatoms. The van der Waals surface area contributed by atoms with Gasteiger partial charge in [0.1, 0.15) is 5.75 Å². The summed E-state index contributed by atoms with van der Waals surface area (Å²) >= 11 is 0. The number of benzene rings is 1. The third-order valence-corrected chi connectivity index (χ3v) is 3.55. The van der Waals surface area contributed by atoms with Crippen LogP contribution in [0.5, 0.6) is 0 Å². The Morgan fingerprint density at radius 3 is 2.81 bits per heavy atom. The summed E-state index contributed by atoms with van der Waals surface area (Å²) in [6.07, 6.45) is 0. The molecule has 4 nitrogen and oxygen atoms in total. The molecule has 0 aliphatic carbocycles. The SMILES string of the molecule is CCNC(=O)CS(=O)c1cc(N)ccc1C. The van der Waals surface area contributed by atoms with Crippen molar-refractivity contribution in [3.05, 3.63) is 23.8 Å². The van der Waals surface area contributed by atoms with Crippen LogP contribution in [0.4, 0.5) is 5.69 Å². The minimum Gasteiger partial charge on any atom is -0.399 e. The molecule has 1 aromatic rings. The molecule has 0 fully saturated rings. The minimum atomic E-state index is -1.33. The second-order valence-electron chi connectivity index (χ2n) is 3.47. The number of hydrogen-bond donors (Lipinski definition) is 2. The Balaban J connectivity index is 2.80. The Bertz CT molecular complexity index is 418. The third kappa shape index (κ3) is 3.34. The first-order chi connectivity index (χ1) is 7.54. The fourth-order valence-electron chi connectivity index (χ4n) is 1.31. The Morgan fingerprint density at radius 1 is 1.50 bits per heavy atom. The lowest BCUT2D eigenvalue weighted by Gasteiger charge is -2.06. The van der Waals surface area contributed by atoms with E-state index in [0.29, 0.717) is 17.1 Å². The molecule has 0 radical (unpaired) electrons. The van der Waals surface area contributed by atoms with E-state index in [4.69, 9.17) is 5.73 Å². The van der Waals surface area contributed by atoms with E-state index in [-0.39, 0.29) is 11.7 Å².